The van der Waals surface area contributed by atoms with Gasteiger partial charge < -0.3 is 0 Å². The van der Waals surface area contributed by atoms with Gasteiger partial charge in [0.2, 0.25) is 5.24 Å². The number of hydrogen-bond acceptors (Lipinski definition) is 1. The third-order valence-electron chi connectivity index (χ3n) is 0.336. The average molecular weight is 203 g/mol. The fourth-order valence-electron chi connectivity index (χ4n) is 0. The van der Waals surface area contributed by atoms with Gasteiger partial charge in [-0.2, -0.15) is 0 Å². The monoisotopic (exact) mass is 202 g/mol. The maximum atomic E-state index is 9.81. The number of carbonyl (C=O) groups excluding carboxylic acids is 1. The molecule has 0 saturated heterocycles. The van der Waals surface area contributed by atoms with Crippen LogP contribution in [0.2, 0.25) is 0 Å². The lowest BCUT2D eigenvalue weighted by Gasteiger charge is -1.77. The van der Waals surface area contributed by atoms with E-state index in [1.165, 1.54) is 0 Å². The first kappa shape index (κ1) is 12.9. The van der Waals surface area contributed by atoms with E-state index in [0.29, 0.717) is 5.57 Å². The van der Waals surface area contributed by atoms with Crippen molar-refractivity contribution in [1.29, 1.82) is 0 Å². The van der Waals surface area contributed by atoms with Crippen molar-refractivity contribution in [3.8, 4) is 0 Å². The molecule has 0 amide bonds. The molecule has 0 atom stereocenters. The predicted molar refractivity (Wildman–Crippen MR) is 46.8 cm³/mol. The van der Waals surface area contributed by atoms with E-state index in [-0.39, 0.29) is 4.84 Å². The molecule has 10 heavy (non-hydrogen) atoms. The Hall–Kier alpha value is 0.280. The quantitative estimate of drug-likeness (QED) is 0.363. The summed E-state index contributed by atoms with van der Waals surface area (Å²) in [6, 6.07) is 0. The zero-order valence-electron chi connectivity index (χ0n) is 5.83. The molecule has 0 rings (SSSR count). The minimum absolute atomic E-state index is 0.222. The Morgan fingerprint density at radius 2 is 1.60 bits per heavy atom. The molecular formula is C6H9Cl3O. The summed E-state index contributed by atoms with van der Waals surface area (Å²) in [5, 5.41) is -0.463. The van der Waals surface area contributed by atoms with Gasteiger partial charge in [0, 0.05) is 5.57 Å². The van der Waals surface area contributed by atoms with Gasteiger partial charge >= 0.3 is 0 Å². The number of rotatable bonds is 1. The van der Waals surface area contributed by atoms with Crippen LogP contribution in [0.5, 0.6) is 0 Å². The number of alkyl halides is 2. The minimum atomic E-state index is -0.463. The standard InChI is InChI=1S/C4H5ClO.C2H4Cl2/c1-3(2)4(5)6;1-2(3)4/h1H2,2H3;2H,1H3. The first-order valence-corrected chi connectivity index (χ1v) is 3.76. The van der Waals surface area contributed by atoms with Crippen molar-refractivity contribution in [3.05, 3.63) is 12.2 Å². The Balaban J connectivity index is 0. The highest BCUT2D eigenvalue weighted by molar-refractivity contribution is 6.67. The van der Waals surface area contributed by atoms with Gasteiger partial charge in [-0.1, -0.05) is 6.58 Å². The van der Waals surface area contributed by atoms with Crippen molar-refractivity contribution in [2.75, 3.05) is 0 Å². The van der Waals surface area contributed by atoms with Gasteiger partial charge in [0.25, 0.3) is 0 Å². The van der Waals surface area contributed by atoms with Crippen molar-refractivity contribution in [1.82, 2.24) is 0 Å². The van der Waals surface area contributed by atoms with E-state index < -0.39 is 5.24 Å². The summed E-state index contributed by atoms with van der Waals surface area (Å²) in [6.07, 6.45) is 0. The van der Waals surface area contributed by atoms with Gasteiger partial charge in [0.15, 0.2) is 0 Å². The fraction of sp³-hybridized carbons (Fsp3) is 0.500. The van der Waals surface area contributed by atoms with Gasteiger partial charge in [-0.3, -0.25) is 4.79 Å². The van der Waals surface area contributed by atoms with Crippen LogP contribution in [0.1, 0.15) is 13.8 Å². The number of hydrogen-bond donors (Lipinski definition) is 0. The van der Waals surface area contributed by atoms with Crippen LogP contribution < -0.4 is 0 Å². The lowest BCUT2D eigenvalue weighted by atomic mass is 10.4. The topological polar surface area (TPSA) is 17.1 Å². The van der Waals surface area contributed by atoms with Crippen LogP contribution in [0.4, 0.5) is 0 Å². The van der Waals surface area contributed by atoms with Crippen LogP contribution in [-0.2, 0) is 4.79 Å². The molecule has 0 spiro atoms. The molecule has 0 unspecified atom stereocenters. The second kappa shape index (κ2) is 7.39. The van der Waals surface area contributed by atoms with Gasteiger partial charge in [-0.05, 0) is 25.4 Å². The van der Waals surface area contributed by atoms with Gasteiger partial charge in [0.05, 0.1) is 0 Å². The molecule has 4 heteroatoms. The summed E-state index contributed by atoms with van der Waals surface area (Å²) in [6.45, 7) is 6.54. The highest BCUT2D eigenvalue weighted by Crippen LogP contribution is 1.95. The van der Waals surface area contributed by atoms with Crippen molar-refractivity contribution < 1.29 is 4.79 Å². The SMILES string of the molecule is C=C(C)C(=O)Cl.CC(Cl)Cl. The minimum Gasteiger partial charge on any atom is -0.276 e. The molecule has 0 aromatic heterocycles. The molecule has 0 aliphatic carbocycles. The second-order valence-electron chi connectivity index (χ2n) is 1.57. The normalized spacial score (nSPS) is 8.20. The molecular weight excluding hydrogens is 194 g/mol. The van der Waals surface area contributed by atoms with Crippen LogP contribution in [0.25, 0.3) is 0 Å². The van der Waals surface area contributed by atoms with Crippen molar-refractivity contribution in [2.24, 2.45) is 0 Å². The first-order valence-electron chi connectivity index (χ1n) is 2.51. The lowest BCUT2D eigenvalue weighted by molar-refractivity contribution is -0.108. The molecule has 0 heterocycles. The molecule has 0 radical (unpaired) electrons. The summed E-state index contributed by atoms with van der Waals surface area (Å²) >= 11 is 15.0. The van der Waals surface area contributed by atoms with Crippen LogP contribution in [0, 0.1) is 0 Å². The molecule has 0 bridgehead atoms. The van der Waals surface area contributed by atoms with E-state index in [4.69, 9.17) is 34.8 Å². The largest absolute Gasteiger partial charge is 0.276 e. The number of allylic oxidation sites excluding steroid dienone is 1. The summed E-state index contributed by atoms with van der Waals surface area (Å²) in [5.41, 5.74) is 0.386. The molecule has 0 aliphatic heterocycles. The molecule has 0 aliphatic rings. The Labute approximate surface area is 76.0 Å². The van der Waals surface area contributed by atoms with E-state index in [1.54, 1.807) is 13.8 Å². The summed E-state index contributed by atoms with van der Waals surface area (Å²) in [7, 11) is 0. The molecule has 0 saturated carbocycles. The fourth-order valence-corrected chi connectivity index (χ4v) is 0. The third-order valence-corrected chi connectivity index (χ3v) is 0.658. The maximum Gasteiger partial charge on any atom is 0.247 e. The number of halogens is 3. The molecule has 0 aromatic carbocycles. The van der Waals surface area contributed by atoms with Crippen LogP contribution in [0.3, 0.4) is 0 Å². The number of carbonyl (C=O) groups is 1. The average Bonchev–Trinajstić information content (AvgIpc) is 1.63. The van der Waals surface area contributed by atoms with E-state index in [2.05, 4.69) is 6.58 Å². The second-order valence-corrected chi connectivity index (χ2v) is 3.45. The van der Waals surface area contributed by atoms with Gasteiger partial charge in [0.1, 0.15) is 4.84 Å². The highest BCUT2D eigenvalue weighted by Gasteiger charge is 1.89. The van der Waals surface area contributed by atoms with Crippen LogP contribution >= 0.6 is 34.8 Å². The molecule has 60 valence electrons. The van der Waals surface area contributed by atoms with Crippen molar-refractivity contribution in [3.63, 3.8) is 0 Å². The van der Waals surface area contributed by atoms with Crippen LogP contribution in [0.15, 0.2) is 12.2 Å². The predicted octanol–water partition coefficient (Wildman–Crippen LogP) is 3.14. The Kier molecular flexibility index (Phi) is 9.54. The molecule has 0 N–H and O–H groups in total. The van der Waals surface area contributed by atoms with Crippen molar-refractivity contribution >= 4 is 40.0 Å². The molecule has 0 fully saturated rings. The molecule has 0 aromatic rings. The van der Waals surface area contributed by atoms with E-state index in [0.717, 1.165) is 0 Å². The summed E-state index contributed by atoms with van der Waals surface area (Å²) in [4.78, 5) is 9.59. The maximum absolute atomic E-state index is 9.81. The van der Waals surface area contributed by atoms with E-state index >= 15 is 0 Å². The molecule has 1 nitrogen and oxygen atoms in total. The Bertz CT molecular complexity index is 105. The zero-order chi connectivity index (χ0) is 8.73. The van der Waals surface area contributed by atoms with Gasteiger partial charge in [-0.25, -0.2) is 0 Å². The highest BCUT2D eigenvalue weighted by atomic mass is 35.5. The first-order chi connectivity index (χ1) is 4.37. The lowest BCUT2D eigenvalue weighted by Crippen LogP contribution is -1.81. The third kappa shape index (κ3) is 24.0. The Morgan fingerprint density at radius 1 is 1.50 bits per heavy atom. The van der Waals surface area contributed by atoms with Crippen molar-refractivity contribution in [2.45, 2.75) is 18.7 Å². The summed E-state index contributed by atoms with van der Waals surface area (Å²) in [5.74, 6) is 0. The van der Waals surface area contributed by atoms with Gasteiger partial charge in [-0.15, -0.1) is 23.2 Å². The Morgan fingerprint density at radius 3 is 1.60 bits per heavy atom. The van der Waals surface area contributed by atoms with Crippen LogP contribution in [-0.4, -0.2) is 10.1 Å². The smallest absolute Gasteiger partial charge is 0.247 e. The van der Waals surface area contributed by atoms with E-state index in [1.807, 2.05) is 0 Å². The van der Waals surface area contributed by atoms with E-state index in [9.17, 15) is 4.79 Å². The zero-order valence-corrected chi connectivity index (χ0v) is 8.09. The summed E-state index contributed by atoms with van der Waals surface area (Å²) < 4.78 is 0.